The summed E-state index contributed by atoms with van der Waals surface area (Å²) in [4.78, 5) is 11.4. The van der Waals surface area contributed by atoms with Crippen molar-refractivity contribution in [3.63, 3.8) is 0 Å². The normalized spacial score (nSPS) is 27.4. The lowest BCUT2D eigenvalue weighted by molar-refractivity contribution is -0.142. The molecule has 0 aliphatic heterocycles. The van der Waals surface area contributed by atoms with Crippen LogP contribution in [0.25, 0.3) is 0 Å². The Hall–Kier alpha value is -0.270. The topological polar surface area (TPSA) is 63.1 Å². The second-order valence-electron chi connectivity index (χ2n) is 4.73. The fourth-order valence-corrected chi connectivity index (χ4v) is 5.55. The summed E-state index contributed by atoms with van der Waals surface area (Å²) >= 11 is 4.75. The number of nitrogens with zero attached hydrogens (tertiary/aromatic N) is 2. The van der Waals surface area contributed by atoms with Crippen molar-refractivity contribution in [2.24, 2.45) is 11.8 Å². The SMILES string of the molecule is CCC1CCC(C(=O)O)C(Sc2nnc(SC)s2)C1. The van der Waals surface area contributed by atoms with Gasteiger partial charge in [0.25, 0.3) is 0 Å². The molecule has 1 N–H and O–H groups in total. The first-order valence-electron chi connectivity index (χ1n) is 6.41. The minimum atomic E-state index is -0.665. The first-order valence-corrected chi connectivity index (χ1v) is 9.33. The zero-order valence-corrected chi connectivity index (χ0v) is 13.5. The van der Waals surface area contributed by atoms with Gasteiger partial charge in [-0.25, -0.2) is 0 Å². The summed E-state index contributed by atoms with van der Waals surface area (Å²) in [6.45, 7) is 2.18. The van der Waals surface area contributed by atoms with Gasteiger partial charge in [-0.15, -0.1) is 10.2 Å². The van der Waals surface area contributed by atoms with Crippen molar-refractivity contribution in [3.05, 3.63) is 0 Å². The minimum Gasteiger partial charge on any atom is -0.481 e. The summed E-state index contributed by atoms with van der Waals surface area (Å²) in [5.41, 5.74) is 0. The zero-order valence-electron chi connectivity index (χ0n) is 11.0. The third-order valence-corrected chi connectivity index (χ3v) is 6.95. The lowest BCUT2D eigenvalue weighted by Gasteiger charge is -2.32. The van der Waals surface area contributed by atoms with Crippen molar-refractivity contribution in [1.29, 1.82) is 0 Å². The van der Waals surface area contributed by atoms with E-state index in [0.29, 0.717) is 5.92 Å². The molecule has 1 aliphatic rings. The molecule has 0 spiro atoms. The summed E-state index contributed by atoms with van der Waals surface area (Å²) in [6, 6.07) is 0. The molecular formula is C12H18N2O2S3. The molecule has 19 heavy (non-hydrogen) atoms. The molecule has 3 atom stereocenters. The first-order chi connectivity index (χ1) is 9.13. The number of carboxylic acid groups (broad SMARTS) is 1. The van der Waals surface area contributed by atoms with Crippen LogP contribution < -0.4 is 0 Å². The average molecular weight is 318 g/mol. The van der Waals surface area contributed by atoms with Gasteiger partial charge in [0.05, 0.1) is 5.92 Å². The smallest absolute Gasteiger partial charge is 0.307 e. The fraction of sp³-hybridized carbons (Fsp3) is 0.750. The van der Waals surface area contributed by atoms with Crippen LogP contribution in [0.2, 0.25) is 0 Å². The molecule has 0 amide bonds. The highest BCUT2D eigenvalue weighted by molar-refractivity contribution is 8.03. The van der Waals surface area contributed by atoms with E-state index in [1.54, 1.807) is 34.9 Å². The van der Waals surface area contributed by atoms with Crippen LogP contribution in [0.15, 0.2) is 8.68 Å². The quantitative estimate of drug-likeness (QED) is 0.836. The Labute approximate surface area is 125 Å². The lowest BCUT2D eigenvalue weighted by atomic mass is 9.80. The zero-order chi connectivity index (χ0) is 13.8. The van der Waals surface area contributed by atoms with E-state index in [1.165, 1.54) is 0 Å². The van der Waals surface area contributed by atoms with Gasteiger partial charge in [-0.05, 0) is 31.4 Å². The Morgan fingerprint density at radius 1 is 1.42 bits per heavy atom. The largest absolute Gasteiger partial charge is 0.481 e. The molecule has 1 saturated carbocycles. The molecule has 0 saturated heterocycles. The lowest BCUT2D eigenvalue weighted by Crippen LogP contribution is -2.32. The van der Waals surface area contributed by atoms with Gasteiger partial charge in [0.1, 0.15) is 0 Å². The minimum absolute atomic E-state index is 0.138. The van der Waals surface area contributed by atoms with Gasteiger partial charge < -0.3 is 5.11 Å². The van der Waals surface area contributed by atoms with E-state index in [2.05, 4.69) is 17.1 Å². The van der Waals surface area contributed by atoms with Gasteiger partial charge in [0, 0.05) is 5.25 Å². The van der Waals surface area contributed by atoms with E-state index in [1.807, 2.05) is 6.26 Å². The maximum Gasteiger partial charge on any atom is 0.307 e. The third-order valence-electron chi connectivity index (χ3n) is 3.61. The molecule has 2 rings (SSSR count). The Bertz CT molecular complexity index is 438. The molecule has 1 aliphatic carbocycles. The van der Waals surface area contributed by atoms with E-state index in [4.69, 9.17) is 0 Å². The molecule has 1 heterocycles. The Kier molecular flexibility index (Phi) is 5.53. The van der Waals surface area contributed by atoms with E-state index in [0.717, 1.165) is 34.4 Å². The molecule has 4 nitrogen and oxygen atoms in total. The molecule has 0 aromatic carbocycles. The monoisotopic (exact) mass is 318 g/mol. The third kappa shape index (κ3) is 3.86. The van der Waals surface area contributed by atoms with E-state index >= 15 is 0 Å². The second kappa shape index (κ2) is 6.95. The van der Waals surface area contributed by atoms with Crippen molar-refractivity contribution in [2.75, 3.05) is 6.26 Å². The second-order valence-corrected chi connectivity index (χ2v) is 8.24. The fourth-order valence-electron chi connectivity index (χ4n) is 2.45. The first kappa shape index (κ1) is 15.1. The molecule has 1 aromatic rings. The Morgan fingerprint density at radius 2 is 2.16 bits per heavy atom. The Morgan fingerprint density at radius 3 is 2.74 bits per heavy atom. The van der Waals surface area contributed by atoms with Gasteiger partial charge in [0.2, 0.25) is 0 Å². The van der Waals surface area contributed by atoms with E-state index in [9.17, 15) is 9.90 Å². The molecule has 0 radical (unpaired) electrons. The van der Waals surface area contributed by atoms with Crippen LogP contribution in [-0.4, -0.2) is 32.8 Å². The van der Waals surface area contributed by atoms with Crippen molar-refractivity contribution in [2.45, 2.75) is 46.5 Å². The highest BCUT2D eigenvalue weighted by Crippen LogP contribution is 2.42. The molecule has 1 aromatic heterocycles. The van der Waals surface area contributed by atoms with Gasteiger partial charge in [-0.1, -0.05) is 48.2 Å². The van der Waals surface area contributed by atoms with Crippen LogP contribution in [0.3, 0.4) is 0 Å². The van der Waals surface area contributed by atoms with Crippen LogP contribution >= 0.6 is 34.9 Å². The highest BCUT2D eigenvalue weighted by atomic mass is 32.2. The van der Waals surface area contributed by atoms with Gasteiger partial charge in [0.15, 0.2) is 8.68 Å². The highest BCUT2D eigenvalue weighted by Gasteiger charge is 2.35. The van der Waals surface area contributed by atoms with Crippen LogP contribution in [-0.2, 0) is 4.79 Å². The number of hydrogen-bond donors (Lipinski definition) is 1. The maximum atomic E-state index is 11.4. The number of aromatic nitrogens is 2. The predicted molar refractivity (Wildman–Crippen MR) is 80.1 cm³/mol. The number of hydrogen-bond acceptors (Lipinski definition) is 6. The standard InChI is InChI=1S/C12H18N2O2S3/c1-3-7-4-5-8(10(15)16)9(6-7)18-12-14-13-11(17-2)19-12/h7-9H,3-6H2,1-2H3,(H,15,16). The van der Waals surface area contributed by atoms with Gasteiger partial charge in [-0.2, -0.15) is 0 Å². The Balaban J connectivity index is 2.06. The number of carboxylic acids is 1. The van der Waals surface area contributed by atoms with Crippen molar-refractivity contribution in [3.8, 4) is 0 Å². The van der Waals surface area contributed by atoms with E-state index < -0.39 is 5.97 Å². The summed E-state index contributed by atoms with van der Waals surface area (Å²) in [7, 11) is 0. The van der Waals surface area contributed by atoms with Gasteiger partial charge >= 0.3 is 5.97 Å². The molecule has 7 heteroatoms. The molecule has 106 valence electrons. The summed E-state index contributed by atoms with van der Waals surface area (Å²) in [6.07, 6.45) is 5.92. The molecular weight excluding hydrogens is 300 g/mol. The number of thioether (sulfide) groups is 2. The number of aliphatic carboxylic acids is 1. The predicted octanol–water partition coefficient (Wildman–Crippen LogP) is 3.63. The van der Waals surface area contributed by atoms with Crippen molar-refractivity contribution >= 4 is 40.8 Å². The van der Waals surface area contributed by atoms with Gasteiger partial charge in [-0.3, -0.25) is 4.79 Å². The number of rotatable bonds is 5. The van der Waals surface area contributed by atoms with Crippen molar-refractivity contribution in [1.82, 2.24) is 10.2 Å². The van der Waals surface area contributed by atoms with E-state index in [-0.39, 0.29) is 11.2 Å². The molecule has 1 fully saturated rings. The van der Waals surface area contributed by atoms with Crippen LogP contribution in [0.4, 0.5) is 0 Å². The summed E-state index contributed by atoms with van der Waals surface area (Å²) < 4.78 is 1.84. The summed E-state index contributed by atoms with van der Waals surface area (Å²) in [5.74, 6) is -0.253. The molecule has 3 unspecified atom stereocenters. The van der Waals surface area contributed by atoms with Crippen LogP contribution in [0.5, 0.6) is 0 Å². The van der Waals surface area contributed by atoms with Crippen LogP contribution in [0.1, 0.15) is 32.6 Å². The molecule has 0 bridgehead atoms. The van der Waals surface area contributed by atoms with Crippen LogP contribution in [0, 0.1) is 11.8 Å². The number of carbonyl (C=O) groups is 1. The maximum absolute atomic E-state index is 11.4. The average Bonchev–Trinajstić information content (AvgIpc) is 2.86. The van der Waals surface area contributed by atoms with Crippen molar-refractivity contribution < 1.29 is 9.90 Å². The summed E-state index contributed by atoms with van der Waals surface area (Å²) in [5, 5.41) is 17.7.